The molecular formula is C43H65N7O9. The second-order valence-electron chi connectivity index (χ2n) is 13.9. The lowest BCUT2D eigenvalue weighted by Gasteiger charge is -2.09. The highest BCUT2D eigenvalue weighted by Crippen LogP contribution is 2.12. The van der Waals surface area contributed by atoms with Gasteiger partial charge in [-0.3, -0.25) is 14.4 Å². The van der Waals surface area contributed by atoms with Crippen molar-refractivity contribution in [3.63, 3.8) is 0 Å². The quantitative estimate of drug-likeness (QED) is 0.0368. The minimum Gasteiger partial charge on any atom is -0.480 e. The Hall–Kier alpha value is -5.84. The van der Waals surface area contributed by atoms with Crippen LogP contribution in [0.3, 0.4) is 0 Å². The summed E-state index contributed by atoms with van der Waals surface area (Å²) in [4.78, 5) is 47.2. The molecule has 3 rings (SSSR count). The summed E-state index contributed by atoms with van der Waals surface area (Å²) in [6.07, 6.45) is 2.80. The van der Waals surface area contributed by atoms with E-state index >= 15 is 0 Å². The number of hydrogen-bond acceptors (Lipinski definition) is 13. The van der Waals surface area contributed by atoms with Gasteiger partial charge in [0.05, 0.1) is 23.7 Å². The Bertz CT molecular complexity index is 1650. The average molecular weight is 824 g/mol. The first-order chi connectivity index (χ1) is 27.5. The molecule has 0 amide bonds. The molecule has 16 heteroatoms. The number of carboxylic acids is 3. The van der Waals surface area contributed by atoms with Crippen molar-refractivity contribution in [1.82, 2.24) is 0 Å². The van der Waals surface area contributed by atoms with Gasteiger partial charge >= 0.3 is 17.9 Å². The third kappa shape index (κ3) is 26.7. The number of oxime groups is 3. The van der Waals surface area contributed by atoms with E-state index in [1.807, 2.05) is 114 Å². The maximum atomic E-state index is 10.7. The van der Waals surface area contributed by atoms with Crippen LogP contribution in [0.2, 0.25) is 0 Å². The van der Waals surface area contributed by atoms with Crippen LogP contribution < -0.4 is 22.5 Å². The lowest BCUT2D eigenvalue weighted by atomic mass is 10.0. The molecule has 3 unspecified atom stereocenters. The topological polar surface area (TPSA) is 267 Å². The fourth-order valence-electron chi connectivity index (χ4n) is 4.56. The molecule has 0 heterocycles. The molecule has 0 aliphatic rings. The molecule has 3 aromatic carbocycles. The van der Waals surface area contributed by atoms with Crippen molar-refractivity contribution in [3.05, 3.63) is 101 Å². The van der Waals surface area contributed by atoms with E-state index in [-0.39, 0.29) is 7.43 Å². The molecule has 0 spiro atoms. The molecule has 16 nitrogen and oxygen atoms in total. The van der Waals surface area contributed by atoms with Crippen LogP contribution in [0.4, 0.5) is 5.69 Å². The normalized spacial score (nSPS) is 11.5. The van der Waals surface area contributed by atoms with Gasteiger partial charge in [-0.15, -0.1) is 0 Å². The van der Waals surface area contributed by atoms with E-state index in [2.05, 4.69) is 20.8 Å². The number of nitrogens with one attached hydrogen (secondary N) is 1. The lowest BCUT2D eigenvalue weighted by Crippen LogP contribution is -2.32. The number of aliphatic carboxylic acids is 3. The Kier molecular flexibility index (Phi) is 27.3. The second-order valence-corrected chi connectivity index (χ2v) is 13.9. The molecule has 0 saturated heterocycles. The summed E-state index contributed by atoms with van der Waals surface area (Å²) in [6.45, 7) is 13.4. The molecule has 0 fully saturated rings. The molecule has 59 heavy (non-hydrogen) atoms. The number of aryl methyl sites for hydroxylation is 1. The first-order valence-electron chi connectivity index (χ1n) is 18.8. The van der Waals surface area contributed by atoms with Crippen LogP contribution in [0.5, 0.6) is 0 Å². The highest BCUT2D eigenvalue weighted by Gasteiger charge is 2.13. The molecule has 3 atom stereocenters. The second kappa shape index (κ2) is 30.3. The average Bonchev–Trinajstić information content (AvgIpc) is 3.16. The summed E-state index contributed by atoms with van der Waals surface area (Å²) < 4.78 is 0. The van der Waals surface area contributed by atoms with Crippen LogP contribution in [-0.4, -0.2) is 88.2 Å². The number of nitrogens with zero attached hydrogens (tertiary/aromatic N) is 3. The van der Waals surface area contributed by atoms with Crippen molar-refractivity contribution in [3.8, 4) is 0 Å². The third-order valence-electron chi connectivity index (χ3n) is 7.51. The van der Waals surface area contributed by atoms with E-state index in [1.165, 1.54) is 5.56 Å². The Labute approximate surface area is 348 Å². The highest BCUT2D eigenvalue weighted by atomic mass is 16.6. The largest absolute Gasteiger partial charge is 0.480 e. The Morgan fingerprint density at radius 3 is 1.27 bits per heavy atom. The molecular weight excluding hydrogens is 759 g/mol. The zero-order valence-electron chi connectivity index (χ0n) is 34.4. The maximum absolute atomic E-state index is 10.7. The summed E-state index contributed by atoms with van der Waals surface area (Å²) >= 11 is 0. The number of benzene rings is 3. The molecule has 0 aliphatic heterocycles. The van der Waals surface area contributed by atoms with Gasteiger partial charge in [0.15, 0.2) is 0 Å². The van der Waals surface area contributed by atoms with Crippen LogP contribution in [-0.2, 0) is 61.2 Å². The van der Waals surface area contributed by atoms with Gasteiger partial charge in [-0.2, -0.15) is 0 Å². The van der Waals surface area contributed by atoms with Gasteiger partial charge in [-0.25, -0.2) is 0 Å². The van der Waals surface area contributed by atoms with Crippen LogP contribution in [0.25, 0.3) is 0 Å². The van der Waals surface area contributed by atoms with Crippen LogP contribution >= 0.6 is 0 Å². The smallest absolute Gasteiger partial charge is 0.320 e. The van der Waals surface area contributed by atoms with Gasteiger partial charge in [0.1, 0.15) is 37.9 Å². The molecule has 0 saturated carbocycles. The van der Waals surface area contributed by atoms with Gasteiger partial charge in [0, 0.05) is 5.69 Å². The molecule has 10 N–H and O–H groups in total. The minimum atomic E-state index is -0.991. The number of hydrogen-bond donors (Lipinski definition) is 7. The summed E-state index contributed by atoms with van der Waals surface area (Å²) in [5, 5.41) is 40.9. The number of nitrogens with two attached hydrogens (primary N) is 3. The zero-order valence-corrected chi connectivity index (χ0v) is 34.4. The Balaban J connectivity index is 0.000000850. The van der Waals surface area contributed by atoms with Gasteiger partial charge in [0.2, 0.25) is 0 Å². The van der Waals surface area contributed by atoms with E-state index in [9.17, 15) is 14.4 Å². The zero-order chi connectivity index (χ0) is 43.5. The van der Waals surface area contributed by atoms with Gasteiger partial charge in [-0.1, -0.05) is 83.6 Å². The van der Waals surface area contributed by atoms with E-state index in [1.54, 1.807) is 0 Å². The van der Waals surface area contributed by atoms with Crippen molar-refractivity contribution < 1.29 is 44.2 Å². The molecule has 0 aliphatic carbocycles. The van der Waals surface area contributed by atoms with Gasteiger partial charge in [-0.05, 0) is 114 Å². The first-order valence-corrected chi connectivity index (χ1v) is 18.8. The molecule has 0 radical (unpaired) electrons. The van der Waals surface area contributed by atoms with Crippen LogP contribution in [0, 0.1) is 0 Å². The van der Waals surface area contributed by atoms with Gasteiger partial charge in [0.25, 0.3) is 0 Å². The minimum absolute atomic E-state index is 0. The van der Waals surface area contributed by atoms with Crippen molar-refractivity contribution >= 4 is 40.7 Å². The summed E-state index contributed by atoms with van der Waals surface area (Å²) in [5.74, 6) is -2.95. The standard InChI is InChI=1S/C15H22N2O3.C14H21N3O3.C13H18N2O3.CH4/c1-11(2)17-20-9-3-4-12-5-7-13(8-6-12)10-14(16)15(18)19;1-10(2)17-20-8-7-16-12-5-3-11(4-6-12)9-13(15)14(18)19;1-9(2)15-18-8-11-5-3-10(4-6-11)7-12(14)13(16)17;/h5-8,14H,3-4,9-10,16H2,1-2H3,(H,18,19);3-6,13,16H,7-9,15H2,1-2H3,(H,18,19);3-6,12H,7-8,14H2,1-2H3,(H,16,17);1H4. The summed E-state index contributed by atoms with van der Waals surface area (Å²) in [7, 11) is 0. The monoisotopic (exact) mass is 823 g/mol. The maximum Gasteiger partial charge on any atom is 0.320 e. The van der Waals surface area contributed by atoms with Crippen molar-refractivity contribution in [2.45, 2.75) is 106 Å². The molecule has 0 aromatic heterocycles. The molecule has 0 bridgehead atoms. The third-order valence-corrected chi connectivity index (χ3v) is 7.51. The van der Waals surface area contributed by atoms with E-state index in [0.717, 1.165) is 57.9 Å². The fourth-order valence-corrected chi connectivity index (χ4v) is 4.56. The summed E-state index contributed by atoms with van der Waals surface area (Å²) in [6, 6.07) is 20.2. The van der Waals surface area contributed by atoms with Crippen molar-refractivity contribution in [2.75, 3.05) is 25.1 Å². The predicted molar refractivity (Wildman–Crippen MR) is 234 cm³/mol. The van der Waals surface area contributed by atoms with E-state index in [0.29, 0.717) is 45.6 Å². The van der Waals surface area contributed by atoms with Gasteiger partial charge < -0.3 is 52.4 Å². The summed E-state index contributed by atoms with van der Waals surface area (Å²) in [5.41, 5.74) is 24.9. The predicted octanol–water partition coefficient (Wildman–Crippen LogP) is 5.64. The number of carbonyl (C=O) groups is 3. The Morgan fingerprint density at radius 2 is 0.881 bits per heavy atom. The first kappa shape index (κ1) is 53.2. The number of carboxylic acid groups (broad SMARTS) is 3. The molecule has 326 valence electrons. The highest BCUT2D eigenvalue weighted by molar-refractivity contribution is 5.79. The van der Waals surface area contributed by atoms with E-state index in [4.69, 9.17) is 47.0 Å². The SMILES string of the molecule is C.CC(C)=NOCCCc1ccc(CC(N)C(=O)O)cc1.CC(C)=NOCCNc1ccc(CC(N)C(=O)O)cc1.CC(C)=NOCc1ccc(CC(N)C(=O)O)cc1. The molecule has 3 aromatic rings. The number of anilines is 1. The van der Waals surface area contributed by atoms with Crippen molar-refractivity contribution in [1.29, 1.82) is 0 Å². The number of rotatable bonds is 22. The van der Waals surface area contributed by atoms with Crippen LogP contribution in [0.1, 0.15) is 83.2 Å². The van der Waals surface area contributed by atoms with E-state index < -0.39 is 36.0 Å². The Morgan fingerprint density at radius 1 is 0.542 bits per heavy atom. The van der Waals surface area contributed by atoms with Crippen LogP contribution in [0.15, 0.2) is 88.3 Å². The van der Waals surface area contributed by atoms with Crippen molar-refractivity contribution in [2.24, 2.45) is 32.7 Å². The lowest BCUT2D eigenvalue weighted by molar-refractivity contribution is -0.139. The fraction of sp³-hybridized carbons (Fsp3) is 0.442.